The molecule has 0 radical (unpaired) electrons. The van der Waals surface area contributed by atoms with Gasteiger partial charge in [-0.05, 0) is 6.92 Å². The molecule has 1 heterocycles. The standard InChI is InChI=1S/C15H20N2OS/c1-14(2,3)12(18)10-15(4)17-16-13(19-15)11-8-6-5-7-9-11/h5-9,17H,10H2,1-4H3/t15-/m1/s1. The van der Waals surface area contributed by atoms with E-state index in [1.54, 1.807) is 11.8 Å². The molecule has 0 spiro atoms. The molecule has 1 aliphatic heterocycles. The van der Waals surface area contributed by atoms with Crippen molar-refractivity contribution in [2.24, 2.45) is 10.5 Å². The van der Waals surface area contributed by atoms with E-state index < -0.39 is 0 Å². The van der Waals surface area contributed by atoms with E-state index in [2.05, 4.69) is 10.5 Å². The van der Waals surface area contributed by atoms with Gasteiger partial charge in [-0.1, -0.05) is 62.9 Å². The van der Waals surface area contributed by atoms with Gasteiger partial charge in [0.15, 0.2) is 0 Å². The van der Waals surface area contributed by atoms with E-state index in [4.69, 9.17) is 0 Å². The Bertz CT molecular complexity index is 505. The van der Waals surface area contributed by atoms with Gasteiger partial charge in [-0.2, -0.15) is 5.10 Å². The van der Waals surface area contributed by atoms with E-state index in [1.807, 2.05) is 58.0 Å². The topological polar surface area (TPSA) is 41.5 Å². The minimum Gasteiger partial charge on any atom is -0.299 e. The van der Waals surface area contributed by atoms with Gasteiger partial charge < -0.3 is 0 Å². The number of rotatable bonds is 3. The predicted octanol–water partition coefficient (Wildman–Crippen LogP) is 3.41. The molecule has 0 aliphatic carbocycles. The van der Waals surface area contributed by atoms with Gasteiger partial charge in [0.1, 0.15) is 15.7 Å². The van der Waals surface area contributed by atoms with Crippen LogP contribution in [-0.2, 0) is 4.79 Å². The van der Waals surface area contributed by atoms with Gasteiger partial charge in [-0.3, -0.25) is 10.2 Å². The maximum atomic E-state index is 12.2. The summed E-state index contributed by atoms with van der Waals surface area (Å²) in [6, 6.07) is 10.0. The Kier molecular flexibility index (Phi) is 3.72. The lowest BCUT2D eigenvalue weighted by Crippen LogP contribution is -2.37. The first-order chi connectivity index (χ1) is 8.80. The number of hydrogen-bond donors (Lipinski definition) is 1. The van der Waals surface area contributed by atoms with Crippen molar-refractivity contribution in [1.29, 1.82) is 0 Å². The van der Waals surface area contributed by atoms with Crippen LogP contribution in [0.5, 0.6) is 0 Å². The fourth-order valence-electron chi connectivity index (χ4n) is 1.78. The molecule has 3 nitrogen and oxygen atoms in total. The lowest BCUT2D eigenvalue weighted by atomic mass is 9.87. The van der Waals surface area contributed by atoms with Crippen LogP contribution in [0.4, 0.5) is 0 Å². The number of ketones is 1. The minimum absolute atomic E-state index is 0.250. The Balaban J connectivity index is 2.06. The van der Waals surface area contributed by atoms with E-state index in [0.717, 1.165) is 10.6 Å². The summed E-state index contributed by atoms with van der Waals surface area (Å²) < 4.78 is 0. The van der Waals surface area contributed by atoms with E-state index in [1.165, 1.54) is 0 Å². The summed E-state index contributed by atoms with van der Waals surface area (Å²) in [5.74, 6) is 0.250. The molecule has 1 N–H and O–H groups in total. The highest BCUT2D eigenvalue weighted by molar-refractivity contribution is 8.15. The Hall–Kier alpha value is -1.29. The predicted molar refractivity (Wildman–Crippen MR) is 81.2 cm³/mol. The van der Waals surface area contributed by atoms with Gasteiger partial charge in [0.25, 0.3) is 0 Å². The van der Waals surface area contributed by atoms with Crippen LogP contribution in [0, 0.1) is 5.41 Å². The lowest BCUT2D eigenvalue weighted by Gasteiger charge is -2.26. The van der Waals surface area contributed by atoms with Gasteiger partial charge >= 0.3 is 0 Å². The third-order valence-electron chi connectivity index (χ3n) is 3.07. The molecule has 0 fully saturated rings. The highest BCUT2D eigenvalue weighted by atomic mass is 32.2. The summed E-state index contributed by atoms with van der Waals surface area (Å²) >= 11 is 1.63. The summed E-state index contributed by atoms with van der Waals surface area (Å²) in [6.45, 7) is 7.90. The number of benzene rings is 1. The normalized spacial score (nSPS) is 22.8. The molecule has 1 aliphatic rings. The molecule has 19 heavy (non-hydrogen) atoms. The molecule has 0 aromatic heterocycles. The SMILES string of the molecule is CC(C)(C)C(=O)C[C@]1(C)NN=C(c2ccccc2)S1. The molecule has 102 valence electrons. The first-order valence-electron chi connectivity index (χ1n) is 6.43. The quantitative estimate of drug-likeness (QED) is 0.920. The van der Waals surface area contributed by atoms with Crippen LogP contribution < -0.4 is 5.43 Å². The second-order valence-electron chi connectivity index (χ2n) is 6.08. The van der Waals surface area contributed by atoms with Crippen molar-refractivity contribution in [3.8, 4) is 0 Å². The molecule has 1 aromatic rings. The molecule has 0 bridgehead atoms. The van der Waals surface area contributed by atoms with Crippen LogP contribution in [0.3, 0.4) is 0 Å². The fourth-order valence-corrected chi connectivity index (χ4v) is 2.85. The van der Waals surface area contributed by atoms with Gasteiger partial charge in [0.2, 0.25) is 0 Å². The fraction of sp³-hybridized carbons (Fsp3) is 0.467. The summed E-state index contributed by atoms with van der Waals surface area (Å²) in [5, 5.41) is 5.32. The third-order valence-corrected chi connectivity index (χ3v) is 4.28. The van der Waals surface area contributed by atoms with Gasteiger partial charge in [-0.25, -0.2) is 0 Å². The Morgan fingerprint density at radius 3 is 2.53 bits per heavy atom. The van der Waals surface area contributed by atoms with Gasteiger partial charge in [-0.15, -0.1) is 0 Å². The van der Waals surface area contributed by atoms with Crippen molar-refractivity contribution in [3.63, 3.8) is 0 Å². The number of carbonyl (C=O) groups excluding carboxylic acids is 1. The number of Topliss-reactive ketones (excluding diaryl/α,β-unsaturated/α-hetero) is 1. The number of hydrazone groups is 1. The smallest absolute Gasteiger partial charge is 0.141 e. The number of thioether (sulfide) groups is 1. The number of hydrogen-bond acceptors (Lipinski definition) is 4. The van der Waals surface area contributed by atoms with Crippen molar-refractivity contribution >= 4 is 22.6 Å². The molecular formula is C15H20N2OS. The number of nitrogens with one attached hydrogen (secondary N) is 1. The van der Waals surface area contributed by atoms with Gasteiger partial charge in [0, 0.05) is 17.4 Å². The van der Waals surface area contributed by atoms with Crippen LogP contribution in [0.25, 0.3) is 0 Å². The molecule has 2 rings (SSSR count). The third kappa shape index (κ3) is 3.38. The van der Waals surface area contributed by atoms with E-state index in [-0.39, 0.29) is 16.1 Å². The second-order valence-corrected chi connectivity index (χ2v) is 7.57. The van der Waals surface area contributed by atoms with E-state index in [0.29, 0.717) is 6.42 Å². The first kappa shape index (κ1) is 14.1. The molecule has 1 aromatic carbocycles. The first-order valence-corrected chi connectivity index (χ1v) is 7.24. The molecule has 0 saturated heterocycles. The van der Waals surface area contributed by atoms with Gasteiger partial charge in [0.05, 0.1) is 0 Å². The average molecular weight is 276 g/mol. The van der Waals surface area contributed by atoms with E-state index >= 15 is 0 Å². The maximum Gasteiger partial charge on any atom is 0.141 e. The molecule has 0 amide bonds. The highest BCUT2D eigenvalue weighted by Crippen LogP contribution is 2.36. The van der Waals surface area contributed by atoms with Crippen molar-refractivity contribution < 1.29 is 4.79 Å². The largest absolute Gasteiger partial charge is 0.299 e. The van der Waals surface area contributed by atoms with Crippen molar-refractivity contribution in [1.82, 2.24) is 5.43 Å². The zero-order valence-electron chi connectivity index (χ0n) is 11.9. The monoisotopic (exact) mass is 276 g/mol. The summed E-state index contributed by atoms with van der Waals surface area (Å²) in [6.07, 6.45) is 0.473. The summed E-state index contributed by atoms with van der Waals surface area (Å²) in [7, 11) is 0. The van der Waals surface area contributed by atoms with Crippen LogP contribution >= 0.6 is 11.8 Å². The highest BCUT2D eigenvalue weighted by Gasteiger charge is 2.37. The van der Waals surface area contributed by atoms with E-state index in [9.17, 15) is 4.79 Å². The van der Waals surface area contributed by atoms with Crippen LogP contribution in [-0.4, -0.2) is 15.7 Å². The molecular weight excluding hydrogens is 256 g/mol. The molecule has 0 saturated carbocycles. The van der Waals surface area contributed by atoms with Crippen molar-refractivity contribution in [2.45, 2.75) is 39.0 Å². The Labute approximate surface area is 118 Å². The molecule has 1 atom stereocenters. The molecule has 4 heteroatoms. The Morgan fingerprint density at radius 2 is 1.95 bits per heavy atom. The lowest BCUT2D eigenvalue weighted by molar-refractivity contribution is -0.126. The summed E-state index contributed by atoms with van der Waals surface area (Å²) in [5.41, 5.74) is 3.90. The van der Waals surface area contributed by atoms with Crippen molar-refractivity contribution in [3.05, 3.63) is 35.9 Å². The zero-order valence-corrected chi connectivity index (χ0v) is 12.7. The zero-order chi connectivity index (χ0) is 14.1. The second kappa shape index (κ2) is 5.00. The average Bonchev–Trinajstić information content (AvgIpc) is 2.71. The van der Waals surface area contributed by atoms with Crippen LogP contribution in [0.1, 0.15) is 39.7 Å². The number of carbonyl (C=O) groups is 1. The minimum atomic E-state index is -0.338. The van der Waals surface area contributed by atoms with Crippen LogP contribution in [0.2, 0.25) is 0 Å². The Morgan fingerprint density at radius 1 is 1.32 bits per heavy atom. The molecule has 0 unspecified atom stereocenters. The van der Waals surface area contributed by atoms with Crippen molar-refractivity contribution in [2.75, 3.05) is 0 Å². The van der Waals surface area contributed by atoms with Crippen LogP contribution in [0.15, 0.2) is 35.4 Å². The summed E-state index contributed by atoms with van der Waals surface area (Å²) in [4.78, 5) is 11.8. The maximum absolute atomic E-state index is 12.2. The number of nitrogens with zero attached hydrogens (tertiary/aromatic N) is 1.